The molecular weight excluding hydrogens is 266 g/mol. The second kappa shape index (κ2) is 4.11. The highest BCUT2D eigenvalue weighted by Gasteiger charge is 2.11. The van der Waals surface area contributed by atoms with Crippen LogP contribution in [0, 0.1) is 18.3 Å². The van der Waals surface area contributed by atoms with Gasteiger partial charge in [0, 0.05) is 23.1 Å². The number of nitriles is 1. The number of halogens is 1. The Labute approximate surface area is 102 Å². The molecule has 0 aliphatic carbocycles. The van der Waals surface area contributed by atoms with E-state index in [1.807, 2.05) is 26.1 Å². The quantitative estimate of drug-likeness (QED) is 0.870. The van der Waals surface area contributed by atoms with Crippen LogP contribution in [-0.4, -0.2) is 12.0 Å². The molecule has 16 heavy (non-hydrogen) atoms. The van der Waals surface area contributed by atoms with Crippen molar-refractivity contribution in [1.29, 1.82) is 5.26 Å². The van der Waals surface area contributed by atoms with Gasteiger partial charge < -0.3 is 5.32 Å². The number of aromatic nitrogens is 1. The molecule has 0 atom stereocenters. The number of hydrogen-bond donors (Lipinski definition) is 1. The highest BCUT2D eigenvalue weighted by molar-refractivity contribution is 9.10. The predicted molar refractivity (Wildman–Crippen MR) is 68.4 cm³/mol. The molecular formula is C12H10BrN3. The topological polar surface area (TPSA) is 48.7 Å². The SMILES string of the molecule is CNc1c(C#N)cnc2c(Br)ccc(C)c12. The molecule has 0 saturated carbocycles. The second-order valence-corrected chi connectivity index (χ2v) is 4.35. The first-order chi connectivity index (χ1) is 7.69. The number of fused-ring (bicyclic) bond motifs is 1. The second-order valence-electron chi connectivity index (χ2n) is 3.50. The van der Waals surface area contributed by atoms with Crippen molar-refractivity contribution in [3.05, 3.63) is 33.9 Å². The molecule has 0 saturated heterocycles. The van der Waals surface area contributed by atoms with E-state index in [1.165, 1.54) is 0 Å². The summed E-state index contributed by atoms with van der Waals surface area (Å²) in [7, 11) is 1.82. The van der Waals surface area contributed by atoms with Crippen LogP contribution in [0.25, 0.3) is 10.9 Å². The number of nitrogens with one attached hydrogen (secondary N) is 1. The first-order valence-corrected chi connectivity index (χ1v) is 5.64. The molecule has 4 heteroatoms. The minimum atomic E-state index is 0.566. The monoisotopic (exact) mass is 275 g/mol. The van der Waals surface area contributed by atoms with Crippen molar-refractivity contribution in [2.75, 3.05) is 12.4 Å². The lowest BCUT2D eigenvalue weighted by Crippen LogP contribution is -1.97. The normalized spacial score (nSPS) is 10.1. The fraction of sp³-hybridized carbons (Fsp3) is 0.167. The lowest BCUT2D eigenvalue weighted by atomic mass is 10.1. The molecule has 80 valence electrons. The van der Waals surface area contributed by atoms with Gasteiger partial charge in [-0.2, -0.15) is 5.26 Å². The molecule has 0 aliphatic rings. The highest BCUT2D eigenvalue weighted by Crippen LogP contribution is 2.32. The molecule has 0 bridgehead atoms. The molecule has 2 aromatic rings. The Morgan fingerprint density at radius 3 is 2.81 bits per heavy atom. The molecule has 3 nitrogen and oxygen atoms in total. The minimum absolute atomic E-state index is 0.566. The number of rotatable bonds is 1. The van der Waals surface area contributed by atoms with Crippen LogP contribution in [0.4, 0.5) is 5.69 Å². The molecule has 1 heterocycles. The van der Waals surface area contributed by atoms with Gasteiger partial charge in [0.1, 0.15) is 6.07 Å². The van der Waals surface area contributed by atoms with Crippen LogP contribution < -0.4 is 5.32 Å². The molecule has 0 fully saturated rings. The van der Waals surface area contributed by atoms with Gasteiger partial charge in [0.05, 0.1) is 16.8 Å². The third-order valence-electron chi connectivity index (χ3n) is 2.55. The summed E-state index contributed by atoms with van der Waals surface area (Å²) in [4.78, 5) is 4.31. The molecule has 0 spiro atoms. The highest BCUT2D eigenvalue weighted by atomic mass is 79.9. The van der Waals surface area contributed by atoms with Crippen molar-refractivity contribution >= 4 is 32.5 Å². The third kappa shape index (κ3) is 1.54. The average Bonchev–Trinajstić information content (AvgIpc) is 2.32. The molecule has 1 N–H and O–H groups in total. The van der Waals surface area contributed by atoms with Gasteiger partial charge in [-0.15, -0.1) is 0 Å². The number of nitrogens with zero attached hydrogens (tertiary/aromatic N) is 2. The molecule has 0 aliphatic heterocycles. The van der Waals surface area contributed by atoms with Crippen molar-refractivity contribution < 1.29 is 0 Å². The van der Waals surface area contributed by atoms with Crippen LogP contribution in [0.3, 0.4) is 0 Å². The number of pyridine rings is 1. The Balaban J connectivity index is 2.98. The van der Waals surface area contributed by atoms with Crippen molar-refractivity contribution in [2.45, 2.75) is 6.92 Å². The van der Waals surface area contributed by atoms with Crippen molar-refractivity contribution in [1.82, 2.24) is 4.98 Å². The van der Waals surface area contributed by atoms with E-state index >= 15 is 0 Å². The first-order valence-electron chi connectivity index (χ1n) is 4.84. The predicted octanol–water partition coefficient (Wildman–Crippen LogP) is 3.22. The van der Waals surface area contributed by atoms with Crippen LogP contribution in [0.2, 0.25) is 0 Å². The van der Waals surface area contributed by atoms with E-state index in [4.69, 9.17) is 5.26 Å². The Hall–Kier alpha value is -1.60. The maximum absolute atomic E-state index is 9.03. The van der Waals surface area contributed by atoms with Crippen LogP contribution in [-0.2, 0) is 0 Å². The fourth-order valence-corrected chi connectivity index (χ4v) is 2.21. The number of benzene rings is 1. The molecule has 0 amide bonds. The Morgan fingerprint density at radius 1 is 1.44 bits per heavy atom. The number of anilines is 1. The van der Waals surface area contributed by atoms with Gasteiger partial charge in [0.15, 0.2) is 0 Å². The Kier molecular flexibility index (Phi) is 2.80. The lowest BCUT2D eigenvalue weighted by molar-refractivity contribution is 1.33. The van der Waals surface area contributed by atoms with E-state index in [-0.39, 0.29) is 0 Å². The molecule has 0 unspecified atom stereocenters. The van der Waals surface area contributed by atoms with Gasteiger partial charge >= 0.3 is 0 Å². The molecule has 1 aromatic heterocycles. The summed E-state index contributed by atoms with van der Waals surface area (Å²) in [6.45, 7) is 2.01. The van der Waals surface area contributed by atoms with Crippen molar-refractivity contribution in [3.63, 3.8) is 0 Å². The van der Waals surface area contributed by atoms with Crippen molar-refractivity contribution in [3.8, 4) is 6.07 Å². The minimum Gasteiger partial charge on any atom is -0.386 e. The number of aryl methyl sites for hydroxylation is 1. The average molecular weight is 276 g/mol. The third-order valence-corrected chi connectivity index (χ3v) is 3.19. The maximum atomic E-state index is 9.03. The summed E-state index contributed by atoms with van der Waals surface area (Å²) in [5.74, 6) is 0. The number of hydrogen-bond acceptors (Lipinski definition) is 3. The van der Waals surface area contributed by atoms with Crippen LogP contribution in [0.15, 0.2) is 22.8 Å². The molecule has 0 radical (unpaired) electrons. The standard InChI is InChI=1S/C12H10BrN3/c1-7-3-4-9(13)12-10(7)11(15-2)8(5-14)6-16-12/h3-4,6H,1-2H3,(H,15,16). The molecule has 1 aromatic carbocycles. The van der Waals surface area contributed by atoms with E-state index < -0.39 is 0 Å². The summed E-state index contributed by atoms with van der Waals surface area (Å²) in [5.41, 5.74) is 3.39. The Morgan fingerprint density at radius 2 is 2.19 bits per heavy atom. The van der Waals surface area contributed by atoms with E-state index in [2.05, 4.69) is 32.3 Å². The van der Waals surface area contributed by atoms with Crippen LogP contribution >= 0.6 is 15.9 Å². The zero-order valence-corrected chi connectivity index (χ0v) is 10.6. The van der Waals surface area contributed by atoms with Crippen LogP contribution in [0.1, 0.15) is 11.1 Å². The maximum Gasteiger partial charge on any atom is 0.103 e. The molecule has 2 rings (SSSR count). The van der Waals surface area contributed by atoms with E-state index in [1.54, 1.807) is 6.20 Å². The van der Waals surface area contributed by atoms with Gasteiger partial charge in [-0.25, -0.2) is 0 Å². The van der Waals surface area contributed by atoms with Gasteiger partial charge in [0.2, 0.25) is 0 Å². The van der Waals surface area contributed by atoms with E-state index in [9.17, 15) is 0 Å². The van der Waals surface area contributed by atoms with Crippen molar-refractivity contribution in [2.24, 2.45) is 0 Å². The van der Waals surface area contributed by atoms with Crippen LogP contribution in [0.5, 0.6) is 0 Å². The summed E-state index contributed by atoms with van der Waals surface area (Å²) in [6.07, 6.45) is 1.60. The Bertz CT molecular complexity index is 599. The summed E-state index contributed by atoms with van der Waals surface area (Å²) >= 11 is 3.47. The van der Waals surface area contributed by atoms with Gasteiger partial charge in [-0.05, 0) is 34.5 Å². The first kappa shape index (κ1) is 10.9. The fourth-order valence-electron chi connectivity index (χ4n) is 1.78. The summed E-state index contributed by atoms with van der Waals surface area (Å²) in [5, 5.41) is 13.1. The smallest absolute Gasteiger partial charge is 0.103 e. The van der Waals surface area contributed by atoms with Gasteiger partial charge in [-0.1, -0.05) is 6.07 Å². The largest absolute Gasteiger partial charge is 0.386 e. The van der Waals surface area contributed by atoms with E-state index in [0.29, 0.717) is 5.56 Å². The lowest BCUT2D eigenvalue weighted by Gasteiger charge is -2.10. The summed E-state index contributed by atoms with van der Waals surface area (Å²) in [6, 6.07) is 6.12. The van der Waals surface area contributed by atoms with Gasteiger partial charge in [-0.3, -0.25) is 4.98 Å². The van der Waals surface area contributed by atoms with Gasteiger partial charge in [0.25, 0.3) is 0 Å². The zero-order chi connectivity index (χ0) is 11.7. The zero-order valence-electron chi connectivity index (χ0n) is 9.00. The van der Waals surface area contributed by atoms with E-state index in [0.717, 1.165) is 26.6 Å². The summed E-state index contributed by atoms with van der Waals surface area (Å²) < 4.78 is 0.939.